The molecule has 0 saturated heterocycles. The van der Waals surface area contributed by atoms with Crippen LogP contribution in [0.2, 0.25) is 0 Å². The molecule has 0 aromatic heterocycles. The fourth-order valence-electron chi connectivity index (χ4n) is 2.81. The number of hydrogen-bond acceptors (Lipinski definition) is 5. The summed E-state index contributed by atoms with van der Waals surface area (Å²) in [5, 5.41) is 9.42. The van der Waals surface area contributed by atoms with Crippen LogP contribution >= 0.6 is 0 Å². The number of ether oxygens (including phenoxy) is 2. The van der Waals surface area contributed by atoms with Crippen molar-refractivity contribution in [2.75, 3.05) is 13.7 Å². The van der Waals surface area contributed by atoms with E-state index in [1.165, 1.54) is 39.7 Å². The molecule has 1 aliphatic rings. The molecule has 1 aliphatic carbocycles. The lowest BCUT2D eigenvalue weighted by atomic mass is 10.1. The molecule has 0 unspecified atom stereocenters. The lowest BCUT2D eigenvalue weighted by Crippen LogP contribution is -2.00. The first-order valence-electron chi connectivity index (χ1n) is 9.16. The largest absolute Gasteiger partial charge is 0.508 e. The highest BCUT2D eigenvalue weighted by atomic mass is 16.5. The van der Waals surface area contributed by atoms with E-state index in [2.05, 4.69) is 10.8 Å². The van der Waals surface area contributed by atoms with Crippen molar-refractivity contribution in [1.82, 2.24) is 0 Å². The van der Waals surface area contributed by atoms with Gasteiger partial charge >= 0.3 is 11.9 Å². The number of aryl methyl sites for hydroxylation is 1. The molecule has 1 aromatic carbocycles. The van der Waals surface area contributed by atoms with E-state index in [0.29, 0.717) is 25.9 Å². The first kappa shape index (κ1) is 21.7. The molecule has 0 heterocycles. The van der Waals surface area contributed by atoms with E-state index in [1.807, 2.05) is 18.2 Å². The van der Waals surface area contributed by atoms with Crippen LogP contribution in [0.25, 0.3) is 0 Å². The third-order valence-corrected chi connectivity index (χ3v) is 4.24. The molecular formula is C21H30O5. The van der Waals surface area contributed by atoms with Crippen LogP contribution in [0.5, 0.6) is 5.75 Å². The summed E-state index contributed by atoms with van der Waals surface area (Å²) in [6, 6.07) is 7.15. The zero-order valence-corrected chi connectivity index (χ0v) is 15.8. The maximum absolute atomic E-state index is 10.8. The number of para-hydroxylation sites is 1. The number of carbonyl (C=O) groups excluding carboxylic acids is 2. The number of phenolic OH excluding ortho intramolecular Hbond substituents is 1. The summed E-state index contributed by atoms with van der Waals surface area (Å²) >= 11 is 0. The third-order valence-electron chi connectivity index (χ3n) is 4.24. The summed E-state index contributed by atoms with van der Waals surface area (Å²) in [6.07, 6.45) is 11.2. The van der Waals surface area contributed by atoms with Crippen molar-refractivity contribution < 1.29 is 24.2 Å². The highest BCUT2D eigenvalue weighted by Crippen LogP contribution is 2.25. The highest BCUT2D eigenvalue weighted by molar-refractivity contribution is 5.69. The molecule has 144 valence electrons. The Morgan fingerprint density at radius 3 is 2.54 bits per heavy atom. The zero-order chi connectivity index (χ0) is 19.2. The van der Waals surface area contributed by atoms with Crippen LogP contribution in [0.1, 0.15) is 51.0 Å². The number of rotatable bonds is 7. The summed E-state index contributed by atoms with van der Waals surface area (Å²) in [4.78, 5) is 21.2. The van der Waals surface area contributed by atoms with Crippen LogP contribution in [0.4, 0.5) is 0 Å². The van der Waals surface area contributed by atoms with Crippen LogP contribution in [-0.2, 0) is 25.5 Å². The topological polar surface area (TPSA) is 72.8 Å². The molecule has 0 amide bonds. The van der Waals surface area contributed by atoms with Crippen LogP contribution in [0.15, 0.2) is 36.4 Å². The van der Waals surface area contributed by atoms with Crippen LogP contribution in [0.3, 0.4) is 0 Å². The fourth-order valence-corrected chi connectivity index (χ4v) is 2.81. The number of hydrogen-bond donors (Lipinski definition) is 1. The third kappa shape index (κ3) is 9.87. The van der Waals surface area contributed by atoms with Crippen LogP contribution in [0, 0.1) is 5.92 Å². The van der Waals surface area contributed by atoms with Crippen molar-refractivity contribution >= 4 is 11.9 Å². The number of benzene rings is 1. The summed E-state index contributed by atoms with van der Waals surface area (Å²) in [5.74, 6) is 0.615. The maximum Gasteiger partial charge on any atom is 0.305 e. The molecule has 0 radical (unpaired) electrons. The van der Waals surface area contributed by atoms with Gasteiger partial charge in [0.25, 0.3) is 0 Å². The van der Waals surface area contributed by atoms with Crippen molar-refractivity contribution in [2.45, 2.75) is 51.9 Å². The minimum absolute atomic E-state index is 0.203. The number of aromatic hydroxyl groups is 1. The summed E-state index contributed by atoms with van der Waals surface area (Å²) in [7, 11) is 1.38. The predicted molar refractivity (Wildman–Crippen MR) is 101 cm³/mol. The Bertz CT molecular complexity index is 574. The molecule has 1 aromatic rings. The van der Waals surface area contributed by atoms with Gasteiger partial charge in [-0.3, -0.25) is 9.59 Å². The molecule has 0 aliphatic heterocycles. The molecule has 0 atom stereocenters. The van der Waals surface area contributed by atoms with E-state index < -0.39 is 0 Å². The summed E-state index contributed by atoms with van der Waals surface area (Å²) < 4.78 is 9.29. The van der Waals surface area contributed by atoms with E-state index in [4.69, 9.17) is 4.74 Å². The zero-order valence-electron chi connectivity index (χ0n) is 15.8. The SMILES string of the molecule is CC(=O)OC/C=C/C1CCCC1.COC(=O)CCCc1ccccc1O. The molecule has 26 heavy (non-hydrogen) atoms. The molecule has 5 heteroatoms. The van der Waals surface area contributed by atoms with Crippen molar-refractivity contribution in [1.29, 1.82) is 0 Å². The first-order chi connectivity index (χ1) is 12.5. The molecule has 0 bridgehead atoms. The van der Waals surface area contributed by atoms with E-state index in [0.717, 1.165) is 11.5 Å². The van der Waals surface area contributed by atoms with Gasteiger partial charge in [0.1, 0.15) is 12.4 Å². The molecule has 1 N–H and O–H groups in total. The van der Waals surface area contributed by atoms with Gasteiger partial charge < -0.3 is 14.6 Å². The van der Waals surface area contributed by atoms with Crippen molar-refractivity contribution in [2.24, 2.45) is 5.92 Å². The lowest BCUT2D eigenvalue weighted by Gasteiger charge is -2.02. The molecule has 0 spiro atoms. The number of carbonyl (C=O) groups is 2. The monoisotopic (exact) mass is 362 g/mol. The van der Waals surface area contributed by atoms with Gasteiger partial charge in [0.2, 0.25) is 0 Å². The Labute approximate surface area is 156 Å². The van der Waals surface area contributed by atoms with Crippen molar-refractivity contribution in [3.8, 4) is 5.75 Å². The second-order valence-corrected chi connectivity index (χ2v) is 6.33. The maximum atomic E-state index is 10.8. The Morgan fingerprint density at radius 1 is 1.23 bits per heavy atom. The summed E-state index contributed by atoms with van der Waals surface area (Å²) in [6.45, 7) is 1.87. The molecule has 1 fully saturated rings. The first-order valence-corrected chi connectivity index (χ1v) is 9.16. The normalized spacial score (nSPS) is 13.9. The van der Waals surface area contributed by atoms with E-state index in [1.54, 1.807) is 12.1 Å². The minimum atomic E-state index is -0.208. The Morgan fingerprint density at radius 2 is 1.92 bits per heavy atom. The predicted octanol–water partition coefficient (Wildman–Crippen LogP) is 4.18. The Hall–Kier alpha value is -2.30. The molecular weight excluding hydrogens is 332 g/mol. The highest BCUT2D eigenvalue weighted by Gasteiger charge is 2.10. The van der Waals surface area contributed by atoms with Crippen LogP contribution in [-0.4, -0.2) is 30.8 Å². The smallest absolute Gasteiger partial charge is 0.305 e. The van der Waals surface area contributed by atoms with Crippen molar-refractivity contribution in [3.63, 3.8) is 0 Å². The van der Waals surface area contributed by atoms with Gasteiger partial charge in [-0.15, -0.1) is 0 Å². The van der Waals surface area contributed by atoms with E-state index in [9.17, 15) is 14.7 Å². The Balaban J connectivity index is 0.000000263. The summed E-state index contributed by atoms with van der Waals surface area (Å²) in [5.41, 5.74) is 0.872. The Kier molecular flexibility index (Phi) is 10.9. The van der Waals surface area contributed by atoms with Crippen LogP contribution < -0.4 is 0 Å². The quantitative estimate of drug-likeness (QED) is 0.582. The number of esters is 2. The number of phenols is 1. The van der Waals surface area contributed by atoms with Gasteiger partial charge in [-0.25, -0.2) is 0 Å². The van der Waals surface area contributed by atoms with Gasteiger partial charge in [-0.05, 0) is 43.2 Å². The lowest BCUT2D eigenvalue weighted by molar-refractivity contribution is -0.141. The second kappa shape index (κ2) is 13.0. The minimum Gasteiger partial charge on any atom is -0.508 e. The molecule has 5 nitrogen and oxygen atoms in total. The molecule has 2 rings (SSSR count). The van der Waals surface area contributed by atoms with Gasteiger partial charge in [0.05, 0.1) is 7.11 Å². The standard InChI is InChI=1S/C11H14O3.C10H16O2/c1-14-11(13)8-4-6-9-5-2-3-7-10(9)12;1-9(11)12-8-4-7-10-5-2-3-6-10/h2-3,5,7,12H,4,6,8H2,1H3;4,7,10H,2-3,5-6,8H2,1H3/b;7-4+. The second-order valence-electron chi connectivity index (χ2n) is 6.33. The van der Waals surface area contributed by atoms with Gasteiger partial charge in [0, 0.05) is 13.3 Å². The van der Waals surface area contributed by atoms with Crippen molar-refractivity contribution in [3.05, 3.63) is 42.0 Å². The van der Waals surface area contributed by atoms with E-state index >= 15 is 0 Å². The average molecular weight is 362 g/mol. The average Bonchev–Trinajstić information content (AvgIpc) is 3.14. The van der Waals surface area contributed by atoms with Gasteiger partial charge in [-0.1, -0.05) is 43.2 Å². The number of allylic oxidation sites excluding steroid dienone is 1. The van der Waals surface area contributed by atoms with Gasteiger partial charge in [-0.2, -0.15) is 0 Å². The fraction of sp³-hybridized carbons (Fsp3) is 0.524. The molecule has 1 saturated carbocycles. The van der Waals surface area contributed by atoms with Gasteiger partial charge in [0.15, 0.2) is 0 Å². The number of methoxy groups -OCH3 is 1. The van der Waals surface area contributed by atoms with E-state index in [-0.39, 0.29) is 17.7 Å².